The molecule has 0 aliphatic carbocycles. The Morgan fingerprint density at radius 1 is 1.07 bits per heavy atom. The van der Waals surface area contributed by atoms with E-state index in [1.54, 1.807) is 32.2 Å². The summed E-state index contributed by atoms with van der Waals surface area (Å²) < 4.78 is 41.4. The Hall–Kier alpha value is -3.16. The molecule has 3 rings (SSSR count). The molecule has 0 aliphatic heterocycles. The third kappa shape index (κ3) is 3.49. The van der Waals surface area contributed by atoms with Crippen LogP contribution in [-0.2, 0) is 12.7 Å². The number of pyridine rings is 2. The number of halogens is 3. The van der Waals surface area contributed by atoms with Crippen molar-refractivity contribution in [3.63, 3.8) is 0 Å². The van der Waals surface area contributed by atoms with Gasteiger partial charge in [-0.15, -0.1) is 0 Å². The molecule has 3 aromatic heterocycles. The van der Waals surface area contributed by atoms with Crippen LogP contribution in [0.25, 0.3) is 5.82 Å². The Morgan fingerprint density at radius 2 is 1.79 bits per heavy atom. The van der Waals surface area contributed by atoms with Gasteiger partial charge in [0, 0.05) is 35.4 Å². The molecule has 146 valence electrons. The van der Waals surface area contributed by atoms with Gasteiger partial charge < -0.3 is 9.13 Å². The zero-order valence-electron chi connectivity index (χ0n) is 15.5. The van der Waals surface area contributed by atoms with Gasteiger partial charge in [-0.05, 0) is 44.5 Å². The fourth-order valence-electron chi connectivity index (χ4n) is 3.28. The lowest BCUT2D eigenvalue weighted by Gasteiger charge is -2.11. The molecule has 5 nitrogen and oxygen atoms in total. The van der Waals surface area contributed by atoms with E-state index in [-0.39, 0.29) is 0 Å². The van der Waals surface area contributed by atoms with Gasteiger partial charge in [-0.2, -0.15) is 13.2 Å². The van der Waals surface area contributed by atoms with Crippen LogP contribution in [0.15, 0.2) is 47.5 Å². The summed E-state index contributed by atoms with van der Waals surface area (Å²) in [7, 11) is 0. The van der Waals surface area contributed by atoms with Crippen molar-refractivity contribution < 1.29 is 18.0 Å². The van der Waals surface area contributed by atoms with E-state index in [1.165, 1.54) is 0 Å². The predicted octanol–water partition coefficient (Wildman–Crippen LogP) is 3.86. The molecular formula is C20H18F3N3O2. The first-order chi connectivity index (χ1) is 13.1. The Morgan fingerprint density at radius 3 is 2.39 bits per heavy atom. The Labute approximate surface area is 159 Å². The van der Waals surface area contributed by atoms with Crippen LogP contribution in [0.3, 0.4) is 0 Å². The quantitative estimate of drug-likeness (QED) is 0.637. The molecule has 0 aliphatic rings. The number of aromatic nitrogens is 3. The number of hydrogen-bond donors (Lipinski definition) is 0. The number of nitrogens with zero attached hydrogens (tertiary/aromatic N) is 3. The third-order valence-electron chi connectivity index (χ3n) is 4.73. The number of ketones is 1. The number of carbonyl (C=O) groups excluding carboxylic acids is 1. The highest BCUT2D eigenvalue weighted by Gasteiger charge is 2.31. The predicted molar refractivity (Wildman–Crippen MR) is 97.8 cm³/mol. The first kappa shape index (κ1) is 19.6. The molecule has 8 heteroatoms. The molecule has 3 aromatic rings. The fourth-order valence-corrected chi connectivity index (χ4v) is 3.28. The minimum Gasteiger partial charge on any atom is -0.307 e. The first-order valence-electron chi connectivity index (χ1n) is 8.52. The number of alkyl halides is 3. The van der Waals surface area contributed by atoms with Crippen molar-refractivity contribution in [3.8, 4) is 5.82 Å². The van der Waals surface area contributed by atoms with Crippen LogP contribution in [0.2, 0.25) is 0 Å². The molecule has 0 amide bonds. The molecule has 0 radical (unpaired) electrons. The van der Waals surface area contributed by atoms with E-state index in [0.29, 0.717) is 34.9 Å². The second-order valence-electron chi connectivity index (χ2n) is 6.50. The zero-order valence-corrected chi connectivity index (χ0v) is 15.5. The molecule has 0 unspecified atom stereocenters. The van der Waals surface area contributed by atoms with Crippen molar-refractivity contribution >= 4 is 5.78 Å². The lowest BCUT2D eigenvalue weighted by atomic mass is 10.1. The number of carbonyl (C=O) groups is 1. The van der Waals surface area contributed by atoms with E-state index in [2.05, 4.69) is 4.98 Å². The molecule has 0 saturated carbocycles. The smallest absolute Gasteiger partial charge is 0.307 e. The number of hydrogen-bond acceptors (Lipinski definition) is 3. The fraction of sp³-hybridized carbons (Fsp3) is 0.250. The molecule has 3 heterocycles. The van der Waals surface area contributed by atoms with Gasteiger partial charge in [0.25, 0.3) is 5.56 Å². The largest absolute Gasteiger partial charge is 0.417 e. The van der Waals surface area contributed by atoms with Crippen LogP contribution < -0.4 is 5.56 Å². The molecule has 0 fully saturated rings. The third-order valence-corrected chi connectivity index (χ3v) is 4.73. The SMILES string of the molecule is Cc1c(C(=O)Cn2cc(C(F)(F)F)ccc2=O)c(C)n(-c2ccccn2)c1C. The van der Waals surface area contributed by atoms with Crippen LogP contribution in [0.1, 0.15) is 32.9 Å². The summed E-state index contributed by atoms with van der Waals surface area (Å²) in [4.78, 5) is 29.1. The van der Waals surface area contributed by atoms with Crippen LogP contribution in [0.5, 0.6) is 0 Å². The maximum atomic E-state index is 12.9. The molecular weight excluding hydrogens is 371 g/mol. The van der Waals surface area contributed by atoms with Crippen LogP contribution >= 0.6 is 0 Å². The normalized spacial score (nSPS) is 11.6. The Kier molecular flexibility index (Phi) is 4.97. The van der Waals surface area contributed by atoms with Gasteiger partial charge in [-0.3, -0.25) is 9.59 Å². The van der Waals surface area contributed by atoms with Gasteiger partial charge in [-0.1, -0.05) is 6.07 Å². The van der Waals surface area contributed by atoms with Crippen molar-refractivity contribution in [3.05, 3.63) is 81.2 Å². The number of rotatable bonds is 4. The Bertz CT molecular complexity index is 1100. The zero-order chi connectivity index (χ0) is 20.6. The van der Waals surface area contributed by atoms with Crippen LogP contribution in [-0.4, -0.2) is 19.9 Å². The maximum Gasteiger partial charge on any atom is 0.417 e. The second-order valence-corrected chi connectivity index (χ2v) is 6.50. The average Bonchev–Trinajstić information content (AvgIpc) is 2.85. The molecule has 0 aromatic carbocycles. The van der Waals surface area contributed by atoms with Crippen molar-refractivity contribution in [2.45, 2.75) is 33.5 Å². The second kappa shape index (κ2) is 7.10. The summed E-state index contributed by atoms with van der Waals surface area (Å²) >= 11 is 0. The lowest BCUT2D eigenvalue weighted by molar-refractivity contribution is -0.138. The number of Topliss-reactive ketones (excluding diaryl/α,β-unsaturated/α-hetero) is 1. The molecule has 0 atom stereocenters. The van der Waals surface area contributed by atoms with E-state index in [0.717, 1.165) is 16.3 Å². The molecule has 0 N–H and O–H groups in total. The topological polar surface area (TPSA) is 56.9 Å². The summed E-state index contributed by atoms with van der Waals surface area (Å²) in [5.41, 5.74) is 0.864. The van der Waals surface area contributed by atoms with Gasteiger partial charge in [0.1, 0.15) is 5.82 Å². The van der Waals surface area contributed by atoms with Gasteiger partial charge in [-0.25, -0.2) is 4.98 Å². The van der Waals surface area contributed by atoms with Crippen molar-refractivity contribution in [2.24, 2.45) is 0 Å². The molecule has 0 bridgehead atoms. The highest BCUT2D eigenvalue weighted by Crippen LogP contribution is 2.28. The van der Waals surface area contributed by atoms with E-state index >= 15 is 0 Å². The van der Waals surface area contributed by atoms with Crippen molar-refractivity contribution in [1.29, 1.82) is 0 Å². The summed E-state index contributed by atoms with van der Waals surface area (Å²) in [5.74, 6) is 0.199. The van der Waals surface area contributed by atoms with Gasteiger partial charge in [0.2, 0.25) is 0 Å². The van der Waals surface area contributed by atoms with Crippen molar-refractivity contribution in [1.82, 2.24) is 14.1 Å². The molecule has 0 saturated heterocycles. The molecule has 0 spiro atoms. The van der Waals surface area contributed by atoms with E-state index in [1.807, 2.05) is 17.6 Å². The average molecular weight is 389 g/mol. The highest BCUT2D eigenvalue weighted by atomic mass is 19.4. The minimum absolute atomic E-state index is 0.382. The van der Waals surface area contributed by atoms with Crippen molar-refractivity contribution in [2.75, 3.05) is 0 Å². The summed E-state index contributed by atoms with van der Waals surface area (Å²) in [6, 6.07) is 6.92. The van der Waals surface area contributed by atoms with Gasteiger partial charge in [0.05, 0.1) is 12.1 Å². The van der Waals surface area contributed by atoms with E-state index in [4.69, 9.17) is 0 Å². The first-order valence-corrected chi connectivity index (χ1v) is 8.52. The van der Waals surface area contributed by atoms with E-state index in [9.17, 15) is 22.8 Å². The van der Waals surface area contributed by atoms with E-state index < -0.39 is 29.6 Å². The van der Waals surface area contributed by atoms with Gasteiger partial charge >= 0.3 is 6.18 Å². The van der Waals surface area contributed by atoms with Gasteiger partial charge in [0.15, 0.2) is 5.78 Å². The standard InChI is InChI=1S/C20H18F3N3O2/c1-12-13(2)26(17-6-4-5-9-24-17)14(3)19(12)16(27)11-25-10-15(20(21,22)23)7-8-18(25)28/h4-10H,11H2,1-3H3. The van der Waals surface area contributed by atoms with Crippen LogP contribution in [0.4, 0.5) is 13.2 Å². The monoisotopic (exact) mass is 389 g/mol. The maximum absolute atomic E-state index is 12.9. The lowest BCUT2D eigenvalue weighted by Crippen LogP contribution is -2.25. The summed E-state index contributed by atoms with van der Waals surface area (Å²) in [6.07, 6.45) is -2.29. The van der Waals surface area contributed by atoms with Crippen LogP contribution in [0, 0.1) is 20.8 Å². The summed E-state index contributed by atoms with van der Waals surface area (Å²) in [6.45, 7) is 4.88. The Balaban J connectivity index is 2.02. The molecule has 28 heavy (non-hydrogen) atoms. The minimum atomic E-state index is -4.59. The highest BCUT2D eigenvalue weighted by molar-refractivity contribution is 5.99. The summed E-state index contributed by atoms with van der Waals surface area (Å²) in [5, 5.41) is 0.